The molecule has 18 heavy (non-hydrogen) atoms. The first kappa shape index (κ1) is 12.0. The third-order valence-electron chi connectivity index (χ3n) is 3.11. The highest BCUT2D eigenvalue weighted by atomic mass is 35.5. The molecule has 5 nitrogen and oxygen atoms in total. The van der Waals surface area contributed by atoms with E-state index in [1.165, 1.54) is 6.33 Å². The third kappa shape index (κ3) is 1.72. The summed E-state index contributed by atoms with van der Waals surface area (Å²) >= 11 is 7.67. The number of aliphatic hydroxyl groups excluding tert-OH is 1. The van der Waals surface area contributed by atoms with Crippen LogP contribution in [0.4, 0.5) is 0 Å². The van der Waals surface area contributed by atoms with Crippen LogP contribution in [0.5, 0.6) is 0 Å². The van der Waals surface area contributed by atoms with E-state index in [4.69, 9.17) is 11.6 Å². The van der Waals surface area contributed by atoms with Crippen LogP contribution < -0.4 is 0 Å². The minimum atomic E-state index is 0.0877. The first-order valence-corrected chi connectivity index (χ1v) is 6.89. The van der Waals surface area contributed by atoms with Crippen molar-refractivity contribution in [3.8, 4) is 0 Å². The van der Waals surface area contributed by atoms with Crippen molar-refractivity contribution in [1.29, 1.82) is 0 Å². The number of aliphatic hydroxyl groups is 1. The summed E-state index contributed by atoms with van der Waals surface area (Å²) in [7, 11) is 0. The molecule has 94 valence electrons. The predicted octanol–water partition coefficient (Wildman–Crippen LogP) is 1.68. The number of thioether (sulfide) groups is 1. The van der Waals surface area contributed by atoms with Crippen LogP contribution in [-0.4, -0.2) is 42.2 Å². The van der Waals surface area contributed by atoms with E-state index in [0.717, 1.165) is 11.3 Å². The van der Waals surface area contributed by atoms with E-state index >= 15 is 0 Å². The Labute approximate surface area is 113 Å². The van der Waals surface area contributed by atoms with Crippen LogP contribution in [0.2, 0.25) is 5.15 Å². The zero-order valence-electron chi connectivity index (χ0n) is 9.45. The van der Waals surface area contributed by atoms with Gasteiger partial charge in [-0.2, -0.15) is 0 Å². The minimum Gasteiger partial charge on any atom is -0.395 e. The van der Waals surface area contributed by atoms with Crippen molar-refractivity contribution >= 4 is 34.5 Å². The fourth-order valence-corrected chi connectivity index (χ4v) is 3.56. The Kier molecular flexibility index (Phi) is 3.01. The van der Waals surface area contributed by atoms with Gasteiger partial charge < -0.3 is 9.67 Å². The van der Waals surface area contributed by atoms with Crippen LogP contribution in [0.1, 0.15) is 6.04 Å². The molecule has 1 saturated heterocycles. The quantitative estimate of drug-likeness (QED) is 0.671. The summed E-state index contributed by atoms with van der Waals surface area (Å²) in [6, 6.07) is 0.100. The fraction of sp³-hybridized carbons (Fsp3) is 0.364. The lowest BCUT2D eigenvalue weighted by Gasteiger charge is -2.14. The maximum atomic E-state index is 9.26. The van der Waals surface area contributed by atoms with Crippen LogP contribution in [0.3, 0.4) is 0 Å². The lowest BCUT2D eigenvalue weighted by atomic mass is 10.1. The normalized spacial score (nSPS) is 24.0. The molecule has 0 bridgehead atoms. The molecule has 3 heterocycles. The van der Waals surface area contributed by atoms with E-state index in [9.17, 15) is 5.11 Å². The van der Waals surface area contributed by atoms with Gasteiger partial charge in [0.15, 0.2) is 10.8 Å². The highest BCUT2D eigenvalue weighted by molar-refractivity contribution is 8.00. The van der Waals surface area contributed by atoms with Crippen LogP contribution in [0.25, 0.3) is 11.2 Å². The maximum Gasteiger partial charge on any atom is 0.165 e. The summed E-state index contributed by atoms with van der Waals surface area (Å²) in [6.45, 7) is 4.18. The zero-order valence-corrected chi connectivity index (χ0v) is 11.0. The molecule has 0 spiro atoms. The van der Waals surface area contributed by atoms with Gasteiger partial charge in [-0.3, -0.25) is 0 Å². The first-order valence-electron chi connectivity index (χ1n) is 5.46. The summed E-state index contributed by atoms with van der Waals surface area (Å²) in [4.78, 5) is 12.4. The van der Waals surface area contributed by atoms with Gasteiger partial charge in [-0.15, -0.1) is 11.8 Å². The van der Waals surface area contributed by atoms with Gasteiger partial charge >= 0.3 is 0 Å². The van der Waals surface area contributed by atoms with Crippen molar-refractivity contribution in [2.45, 2.75) is 11.3 Å². The number of fused-ring (bicyclic) bond motifs is 1. The molecule has 0 aliphatic carbocycles. The van der Waals surface area contributed by atoms with Gasteiger partial charge in [0.05, 0.1) is 24.2 Å². The molecular formula is C11H11ClN4OS. The Morgan fingerprint density at radius 2 is 2.33 bits per heavy atom. The van der Waals surface area contributed by atoms with Gasteiger partial charge in [-0.25, -0.2) is 15.0 Å². The van der Waals surface area contributed by atoms with Crippen molar-refractivity contribution in [3.05, 3.63) is 30.0 Å². The molecular weight excluding hydrogens is 272 g/mol. The summed E-state index contributed by atoms with van der Waals surface area (Å²) in [5.41, 5.74) is 2.31. The second-order valence-corrected chi connectivity index (χ2v) is 5.68. The Hall–Kier alpha value is -1.11. The van der Waals surface area contributed by atoms with Gasteiger partial charge in [-0.1, -0.05) is 18.2 Å². The van der Waals surface area contributed by atoms with Crippen molar-refractivity contribution in [1.82, 2.24) is 19.5 Å². The van der Waals surface area contributed by atoms with Crippen LogP contribution in [0, 0.1) is 0 Å². The van der Waals surface area contributed by atoms with Gasteiger partial charge in [0, 0.05) is 5.75 Å². The van der Waals surface area contributed by atoms with E-state index in [1.807, 2.05) is 4.57 Å². The van der Waals surface area contributed by atoms with E-state index in [2.05, 4.69) is 21.5 Å². The lowest BCUT2D eigenvalue weighted by Crippen LogP contribution is -2.13. The van der Waals surface area contributed by atoms with Crippen molar-refractivity contribution in [2.75, 3.05) is 12.4 Å². The number of hydrogen-bond donors (Lipinski definition) is 1. The smallest absolute Gasteiger partial charge is 0.165 e. The summed E-state index contributed by atoms with van der Waals surface area (Å²) < 4.78 is 1.95. The third-order valence-corrected chi connectivity index (χ3v) is 4.75. The number of rotatable bonds is 2. The Morgan fingerprint density at radius 1 is 1.50 bits per heavy atom. The molecule has 2 atom stereocenters. The number of halogens is 1. The highest BCUT2D eigenvalue weighted by Gasteiger charge is 2.31. The van der Waals surface area contributed by atoms with Crippen molar-refractivity contribution in [3.63, 3.8) is 0 Å². The molecule has 0 amide bonds. The number of nitrogens with zero attached hydrogens (tertiary/aromatic N) is 4. The molecule has 1 aliphatic rings. The van der Waals surface area contributed by atoms with E-state index in [-0.39, 0.29) is 17.9 Å². The Bertz CT molecular complexity index is 614. The van der Waals surface area contributed by atoms with Crippen molar-refractivity contribution < 1.29 is 5.11 Å². The van der Waals surface area contributed by atoms with Gasteiger partial charge in [0.1, 0.15) is 11.8 Å². The average molecular weight is 283 g/mol. The zero-order chi connectivity index (χ0) is 12.7. The number of hydrogen-bond acceptors (Lipinski definition) is 5. The van der Waals surface area contributed by atoms with Crippen LogP contribution in [-0.2, 0) is 0 Å². The Balaban J connectivity index is 2.06. The molecule has 2 aromatic heterocycles. The average Bonchev–Trinajstić information content (AvgIpc) is 2.93. The molecule has 2 aromatic rings. The molecule has 0 unspecified atom stereocenters. The molecule has 0 aromatic carbocycles. The van der Waals surface area contributed by atoms with Crippen LogP contribution in [0.15, 0.2) is 24.8 Å². The molecule has 0 saturated carbocycles. The molecule has 1 fully saturated rings. The highest BCUT2D eigenvalue weighted by Crippen LogP contribution is 2.39. The molecule has 7 heteroatoms. The summed E-state index contributed by atoms with van der Waals surface area (Å²) in [5, 5.41) is 9.70. The molecule has 1 N–H and O–H groups in total. The molecule has 3 rings (SSSR count). The van der Waals surface area contributed by atoms with E-state index in [1.54, 1.807) is 18.1 Å². The lowest BCUT2D eigenvalue weighted by molar-refractivity contribution is 0.302. The standard InChI is InChI=1S/C11H11ClN4OS/c1-6-7(3-18-8(6)2-17)16-5-15-9-10(12)13-4-14-11(9)16/h4-5,7-8,17H,1-3H2/t7-,8-/m0/s1. The number of imidazole rings is 1. The second-order valence-electron chi connectivity index (χ2n) is 4.08. The van der Waals surface area contributed by atoms with Gasteiger partial charge in [-0.05, 0) is 5.57 Å². The first-order chi connectivity index (χ1) is 8.72. The number of aromatic nitrogens is 4. The Morgan fingerprint density at radius 3 is 3.06 bits per heavy atom. The van der Waals surface area contributed by atoms with E-state index in [0.29, 0.717) is 16.3 Å². The summed E-state index contributed by atoms with van der Waals surface area (Å²) in [6.07, 6.45) is 3.14. The molecule has 0 radical (unpaired) electrons. The second kappa shape index (κ2) is 4.53. The SMILES string of the molecule is C=C1[C@H](CO)SC[C@@H]1n1cnc2c(Cl)ncnc21. The molecule has 1 aliphatic heterocycles. The van der Waals surface area contributed by atoms with Gasteiger partial charge in [0.2, 0.25) is 0 Å². The fourth-order valence-electron chi connectivity index (χ4n) is 2.12. The maximum absolute atomic E-state index is 9.26. The summed E-state index contributed by atoms with van der Waals surface area (Å²) in [5.74, 6) is 0.858. The van der Waals surface area contributed by atoms with E-state index < -0.39 is 0 Å². The topological polar surface area (TPSA) is 63.8 Å². The van der Waals surface area contributed by atoms with Crippen molar-refractivity contribution in [2.24, 2.45) is 0 Å². The predicted molar refractivity (Wildman–Crippen MR) is 71.8 cm³/mol. The van der Waals surface area contributed by atoms with Crippen LogP contribution >= 0.6 is 23.4 Å². The minimum absolute atomic E-state index is 0.0877. The van der Waals surface area contributed by atoms with Gasteiger partial charge in [0.25, 0.3) is 0 Å². The monoisotopic (exact) mass is 282 g/mol. The largest absolute Gasteiger partial charge is 0.395 e.